The van der Waals surface area contributed by atoms with Gasteiger partial charge in [-0.3, -0.25) is 0 Å². The first-order valence-electron chi connectivity index (χ1n) is 3.20. The van der Waals surface area contributed by atoms with Gasteiger partial charge in [-0.2, -0.15) is 12.6 Å². The van der Waals surface area contributed by atoms with Crippen LogP contribution in [0.1, 0.15) is 10.8 Å². The van der Waals surface area contributed by atoms with Crippen LogP contribution < -0.4 is 0 Å². The minimum Gasteiger partial charge on any atom is -0.167 e. The highest BCUT2D eigenvalue weighted by Crippen LogP contribution is 2.19. The SMILES string of the molecule is C=CC(S)c1ccccc1. The van der Waals surface area contributed by atoms with Crippen LogP contribution in [0.2, 0.25) is 0 Å². The molecule has 0 N–H and O–H groups in total. The van der Waals surface area contributed by atoms with E-state index in [1.807, 2.05) is 36.4 Å². The number of hydrogen-bond donors (Lipinski definition) is 1. The molecule has 0 saturated heterocycles. The zero-order chi connectivity index (χ0) is 7.40. The molecule has 0 heterocycles. The number of thiol groups is 1. The Morgan fingerprint density at radius 1 is 1.30 bits per heavy atom. The number of benzene rings is 1. The molecular weight excluding hydrogens is 140 g/mol. The molecule has 10 heavy (non-hydrogen) atoms. The average molecular weight is 150 g/mol. The second-order valence-corrected chi connectivity index (χ2v) is 2.65. The van der Waals surface area contributed by atoms with E-state index < -0.39 is 0 Å². The molecule has 0 fully saturated rings. The van der Waals surface area contributed by atoms with Gasteiger partial charge in [-0.15, -0.1) is 6.58 Å². The van der Waals surface area contributed by atoms with Gasteiger partial charge < -0.3 is 0 Å². The summed E-state index contributed by atoms with van der Waals surface area (Å²) in [5.41, 5.74) is 1.20. The molecule has 1 rings (SSSR count). The van der Waals surface area contributed by atoms with Crippen LogP contribution in [0.15, 0.2) is 43.0 Å². The highest BCUT2D eigenvalue weighted by molar-refractivity contribution is 7.80. The fraction of sp³-hybridized carbons (Fsp3) is 0.111. The van der Waals surface area contributed by atoms with E-state index in [9.17, 15) is 0 Å². The molecule has 1 unspecified atom stereocenters. The maximum atomic E-state index is 4.30. The van der Waals surface area contributed by atoms with Gasteiger partial charge in [-0.05, 0) is 5.56 Å². The van der Waals surface area contributed by atoms with Gasteiger partial charge in [0.2, 0.25) is 0 Å². The van der Waals surface area contributed by atoms with Crippen molar-refractivity contribution >= 4 is 12.6 Å². The summed E-state index contributed by atoms with van der Waals surface area (Å²) in [6, 6.07) is 10.1. The molecule has 0 aliphatic heterocycles. The molecule has 0 spiro atoms. The Balaban J connectivity index is 2.84. The Bertz CT molecular complexity index is 203. The van der Waals surface area contributed by atoms with Crippen LogP contribution in [-0.4, -0.2) is 0 Å². The van der Waals surface area contributed by atoms with E-state index in [2.05, 4.69) is 19.2 Å². The summed E-state index contributed by atoms with van der Waals surface area (Å²) in [6.45, 7) is 3.66. The van der Waals surface area contributed by atoms with Crippen LogP contribution in [0.5, 0.6) is 0 Å². The summed E-state index contributed by atoms with van der Waals surface area (Å²) in [5, 5.41) is 0.168. The van der Waals surface area contributed by atoms with E-state index in [0.717, 1.165) is 0 Å². The first-order valence-corrected chi connectivity index (χ1v) is 3.72. The minimum absolute atomic E-state index is 0.168. The molecule has 1 aromatic rings. The van der Waals surface area contributed by atoms with Gasteiger partial charge in [0.15, 0.2) is 0 Å². The van der Waals surface area contributed by atoms with Gasteiger partial charge >= 0.3 is 0 Å². The second kappa shape index (κ2) is 3.47. The van der Waals surface area contributed by atoms with Crippen molar-refractivity contribution in [3.63, 3.8) is 0 Å². The third-order valence-corrected chi connectivity index (χ3v) is 1.87. The monoisotopic (exact) mass is 150 g/mol. The molecule has 0 nitrogen and oxygen atoms in total. The van der Waals surface area contributed by atoms with Crippen LogP contribution in [0.4, 0.5) is 0 Å². The first-order chi connectivity index (χ1) is 4.84. The van der Waals surface area contributed by atoms with Crippen molar-refractivity contribution in [3.8, 4) is 0 Å². The Morgan fingerprint density at radius 3 is 2.40 bits per heavy atom. The lowest BCUT2D eigenvalue weighted by Crippen LogP contribution is -1.82. The van der Waals surface area contributed by atoms with E-state index in [-0.39, 0.29) is 5.25 Å². The van der Waals surface area contributed by atoms with E-state index in [4.69, 9.17) is 0 Å². The third kappa shape index (κ3) is 1.64. The highest BCUT2D eigenvalue weighted by Gasteiger charge is 1.97. The van der Waals surface area contributed by atoms with Gasteiger partial charge in [0.05, 0.1) is 0 Å². The number of hydrogen-bond acceptors (Lipinski definition) is 1. The summed E-state index contributed by atoms with van der Waals surface area (Å²) in [7, 11) is 0. The van der Waals surface area contributed by atoms with E-state index in [0.29, 0.717) is 0 Å². The summed E-state index contributed by atoms with van der Waals surface area (Å²) in [6.07, 6.45) is 1.82. The molecular formula is C9H10S. The van der Waals surface area contributed by atoms with E-state index in [1.54, 1.807) is 0 Å². The fourth-order valence-electron chi connectivity index (χ4n) is 0.786. The largest absolute Gasteiger partial charge is 0.167 e. The van der Waals surface area contributed by atoms with Crippen molar-refractivity contribution in [2.75, 3.05) is 0 Å². The van der Waals surface area contributed by atoms with Crippen LogP contribution in [0.3, 0.4) is 0 Å². The maximum absolute atomic E-state index is 4.30. The van der Waals surface area contributed by atoms with E-state index >= 15 is 0 Å². The average Bonchev–Trinajstić information content (AvgIpc) is 2.05. The summed E-state index contributed by atoms with van der Waals surface area (Å²) in [4.78, 5) is 0. The zero-order valence-electron chi connectivity index (χ0n) is 5.70. The molecule has 0 amide bonds. The van der Waals surface area contributed by atoms with Crippen LogP contribution in [0.25, 0.3) is 0 Å². The molecule has 0 radical (unpaired) electrons. The van der Waals surface area contributed by atoms with Crippen molar-refractivity contribution in [3.05, 3.63) is 48.6 Å². The van der Waals surface area contributed by atoms with Crippen molar-refractivity contribution in [1.29, 1.82) is 0 Å². The van der Waals surface area contributed by atoms with Gasteiger partial charge in [0, 0.05) is 5.25 Å². The summed E-state index contributed by atoms with van der Waals surface area (Å²) in [5.74, 6) is 0. The Morgan fingerprint density at radius 2 is 1.90 bits per heavy atom. The smallest absolute Gasteiger partial charge is 0.0444 e. The standard InChI is InChI=1S/C9H10S/c1-2-9(10)8-6-4-3-5-7-8/h2-7,9-10H,1H2. The number of rotatable bonds is 2. The Labute approximate surface area is 67.0 Å². The van der Waals surface area contributed by atoms with Crippen molar-refractivity contribution in [1.82, 2.24) is 0 Å². The molecule has 1 heteroatoms. The lowest BCUT2D eigenvalue weighted by Gasteiger charge is -2.02. The van der Waals surface area contributed by atoms with Gasteiger partial charge in [0.25, 0.3) is 0 Å². The molecule has 52 valence electrons. The Kier molecular flexibility index (Phi) is 2.57. The molecule has 0 aliphatic rings. The lowest BCUT2D eigenvalue weighted by atomic mass is 10.1. The second-order valence-electron chi connectivity index (χ2n) is 2.09. The molecule has 1 atom stereocenters. The predicted molar refractivity (Wildman–Crippen MR) is 48.4 cm³/mol. The van der Waals surface area contributed by atoms with Crippen molar-refractivity contribution in [2.45, 2.75) is 5.25 Å². The normalized spacial score (nSPS) is 12.5. The van der Waals surface area contributed by atoms with Crippen molar-refractivity contribution < 1.29 is 0 Å². The maximum Gasteiger partial charge on any atom is 0.0444 e. The third-order valence-electron chi connectivity index (χ3n) is 1.36. The zero-order valence-corrected chi connectivity index (χ0v) is 6.59. The highest BCUT2D eigenvalue weighted by atomic mass is 32.1. The van der Waals surface area contributed by atoms with Crippen LogP contribution in [-0.2, 0) is 0 Å². The summed E-state index contributed by atoms with van der Waals surface area (Å²) >= 11 is 4.30. The van der Waals surface area contributed by atoms with Crippen LogP contribution >= 0.6 is 12.6 Å². The molecule has 0 aliphatic carbocycles. The fourth-order valence-corrected chi connectivity index (χ4v) is 0.958. The van der Waals surface area contributed by atoms with E-state index in [1.165, 1.54) is 5.56 Å². The lowest BCUT2D eigenvalue weighted by molar-refractivity contribution is 1.25. The molecule has 0 bridgehead atoms. The van der Waals surface area contributed by atoms with Crippen molar-refractivity contribution in [2.24, 2.45) is 0 Å². The Hall–Kier alpha value is -0.690. The predicted octanol–water partition coefficient (Wildman–Crippen LogP) is 2.84. The van der Waals surface area contributed by atoms with Gasteiger partial charge in [-0.1, -0.05) is 36.4 Å². The molecule has 1 aromatic carbocycles. The molecule has 0 saturated carbocycles. The van der Waals surface area contributed by atoms with Gasteiger partial charge in [-0.25, -0.2) is 0 Å². The summed E-state index contributed by atoms with van der Waals surface area (Å²) < 4.78 is 0. The topological polar surface area (TPSA) is 0 Å². The van der Waals surface area contributed by atoms with Gasteiger partial charge in [0.1, 0.15) is 0 Å². The quantitative estimate of drug-likeness (QED) is 0.486. The first kappa shape index (κ1) is 7.42. The van der Waals surface area contributed by atoms with Crippen LogP contribution in [0, 0.1) is 0 Å². The molecule has 0 aromatic heterocycles. The minimum atomic E-state index is 0.168.